The number of nitrogens with zero attached hydrogens (tertiary/aromatic N) is 1. The second-order valence-corrected chi connectivity index (χ2v) is 10.8. The number of carbonyl (C=O) groups excluding carboxylic acids is 1. The number of methoxy groups -OCH3 is 1. The Hall–Kier alpha value is -3.58. The molecule has 0 aromatic heterocycles. The van der Waals surface area contributed by atoms with E-state index in [2.05, 4.69) is 13.8 Å². The Morgan fingerprint density at radius 3 is 2.24 bits per heavy atom. The van der Waals surface area contributed by atoms with Crippen molar-refractivity contribution in [2.24, 2.45) is 0 Å². The normalized spacial score (nSPS) is 11.4. The van der Waals surface area contributed by atoms with Crippen LogP contribution in [0, 0.1) is 0 Å². The molecule has 3 aromatic carbocycles. The van der Waals surface area contributed by atoms with Crippen molar-refractivity contribution in [3.8, 4) is 11.5 Å². The molecule has 0 saturated carbocycles. The summed E-state index contributed by atoms with van der Waals surface area (Å²) in [6.07, 6.45) is 9.01. The van der Waals surface area contributed by atoms with E-state index in [1.165, 1.54) is 18.2 Å². The van der Waals surface area contributed by atoms with Crippen LogP contribution in [-0.2, 0) is 21.2 Å². The first kappa shape index (κ1) is 29.0. The average molecular weight is 536 g/mol. The number of rotatable bonds is 14. The molecule has 38 heavy (non-hydrogen) atoms. The number of unbranched alkanes of at least 4 members (excludes halogenated alkanes) is 3. The zero-order chi connectivity index (χ0) is 27.4. The smallest absolute Gasteiger partial charge is 0.271 e. The van der Waals surface area contributed by atoms with Gasteiger partial charge in [-0.15, -0.1) is 0 Å². The van der Waals surface area contributed by atoms with Crippen molar-refractivity contribution in [1.82, 2.24) is 0 Å². The lowest BCUT2D eigenvalue weighted by Crippen LogP contribution is -2.35. The van der Waals surface area contributed by atoms with E-state index in [1.807, 2.05) is 12.1 Å². The molecular formula is C31H37NO5S. The van der Waals surface area contributed by atoms with Crippen molar-refractivity contribution in [3.05, 3.63) is 90.0 Å². The summed E-state index contributed by atoms with van der Waals surface area (Å²) in [7, 11) is -2.57. The number of hydrogen-bond acceptors (Lipinski definition) is 5. The molecule has 0 bridgehead atoms. The Balaban J connectivity index is 1.89. The second-order valence-electron chi connectivity index (χ2n) is 8.99. The van der Waals surface area contributed by atoms with Gasteiger partial charge in [-0.25, -0.2) is 8.42 Å². The van der Waals surface area contributed by atoms with E-state index in [4.69, 9.17) is 9.47 Å². The molecule has 0 N–H and O–H groups in total. The predicted octanol–water partition coefficient (Wildman–Crippen LogP) is 7.04. The van der Waals surface area contributed by atoms with Gasteiger partial charge < -0.3 is 9.47 Å². The molecule has 0 unspecified atom stereocenters. The van der Waals surface area contributed by atoms with Crippen LogP contribution in [-0.4, -0.2) is 28.0 Å². The monoisotopic (exact) mass is 535 g/mol. The molecule has 6 nitrogen and oxygen atoms in total. The van der Waals surface area contributed by atoms with Crippen LogP contribution in [0.1, 0.15) is 57.1 Å². The maximum absolute atomic E-state index is 13.6. The number of aryl methyl sites for hydroxylation is 1. The van der Waals surface area contributed by atoms with Gasteiger partial charge >= 0.3 is 0 Å². The van der Waals surface area contributed by atoms with Gasteiger partial charge in [-0.05, 0) is 72.9 Å². The van der Waals surface area contributed by atoms with Gasteiger partial charge in [0.25, 0.3) is 15.9 Å². The van der Waals surface area contributed by atoms with E-state index in [0.29, 0.717) is 23.7 Å². The molecule has 0 aliphatic heterocycles. The highest BCUT2D eigenvalue weighted by molar-refractivity contribution is 7.93. The first-order chi connectivity index (χ1) is 18.4. The fraction of sp³-hybridized carbons (Fsp3) is 0.323. The molecule has 0 heterocycles. The zero-order valence-electron chi connectivity index (χ0n) is 22.4. The minimum absolute atomic E-state index is 0.0445. The number of amides is 1. The minimum Gasteiger partial charge on any atom is -0.493 e. The minimum atomic E-state index is -4.13. The van der Waals surface area contributed by atoms with Gasteiger partial charge in [0.05, 0.1) is 24.3 Å². The van der Waals surface area contributed by atoms with Gasteiger partial charge in [-0.3, -0.25) is 4.79 Å². The first-order valence-electron chi connectivity index (χ1n) is 13.1. The number of carbonyl (C=O) groups is 1. The molecule has 0 fully saturated rings. The van der Waals surface area contributed by atoms with Crippen molar-refractivity contribution in [2.75, 3.05) is 18.0 Å². The Morgan fingerprint density at radius 2 is 1.58 bits per heavy atom. The summed E-state index contributed by atoms with van der Waals surface area (Å²) in [6.45, 7) is 4.86. The lowest BCUT2D eigenvalue weighted by Gasteiger charge is -2.21. The zero-order valence-corrected chi connectivity index (χ0v) is 23.2. The van der Waals surface area contributed by atoms with Crippen LogP contribution in [0.5, 0.6) is 11.5 Å². The molecule has 7 heteroatoms. The van der Waals surface area contributed by atoms with Crippen LogP contribution in [0.2, 0.25) is 0 Å². The number of ether oxygens (including phenoxy) is 2. The van der Waals surface area contributed by atoms with E-state index in [1.54, 1.807) is 61.7 Å². The maximum atomic E-state index is 13.6. The van der Waals surface area contributed by atoms with Crippen molar-refractivity contribution in [3.63, 3.8) is 0 Å². The van der Waals surface area contributed by atoms with E-state index in [-0.39, 0.29) is 10.6 Å². The molecular weight excluding hydrogens is 498 g/mol. The van der Waals surface area contributed by atoms with E-state index >= 15 is 0 Å². The lowest BCUT2D eigenvalue weighted by atomic mass is 10.1. The summed E-state index contributed by atoms with van der Waals surface area (Å²) >= 11 is 0. The average Bonchev–Trinajstić information content (AvgIpc) is 2.94. The molecule has 0 radical (unpaired) electrons. The Kier molecular flexibility index (Phi) is 11.0. The molecule has 1 amide bonds. The predicted molar refractivity (Wildman–Crippen MR) is 153 cm³/mol. The molecule has 0 aliphatic carbocycles. The van der Waals surface area contributed by atoms with Gasteiger partial charge in [0.15, 0.2) is 11.5 Å². The SMILES string of the molecule is CCCCCOc1ccc(/C=C/C(=O)N(c2ccc(CCCC)cc2)S(=O)(=O)c2ccccc2)cc1OC. The van der Waals surface area contributed by atoms with Crippen molar-refractivity contribution >= 4 is 27.7 Å². The fourth-order valence-electron chi connectivity index (χ4n) is 3.94. The Morgan fingerprint density at radius 1 is 0.868 bits per heavy atom. The van der Waals surface area contributed by atoms with Gasteiger partial charge in [0.2, 0.25) is 0 Å². The second kappa shape index (κ2) is 14.4. The van der Waals surface area contributed by atoms with Crippen molar-refractivity contribution in [2.45, 2.75) is 57.3 Å². The van der Waals surface area contributed by atoms with Crippen LogP contribution in [0.15, 0.2) is 83.8 Å². The van der Waals surface area contributed by atoms with E-state index in [0.717, 1.165) is 48.4 Å². The molecule has 3 rings (SSSR count). The van der Waals surface area contributed by atoms with Crippen molar-refractivity contribution in [1.29, 1.82) is 0 Å². The number of hydrogen-bond donors (Lipinski definition) is 0. The summed E-state index contributed by atoms with van der Waals surface area (Å²) in [5, 5.41) is 0. The first-order valence-corrected chi connectivity index (χ1v) is 14.6. The number of anilines is 1. The summed E-state index contributed by atoms with van der Waals surface area (Å²) < 4.78 is 39.3. The molecule has 202 valence electrons. The topological polar surface area (TPSA) is 72.9 Å². The maximum Gasteiger partial charge on any atom is 0.271 e. The Labute approximate surface area is 227 Å². The van der Waals surface area contributed by atoms with Crippen LogP contribution < -0.4 is 13.8 Å². The van der Waals surface area contributed by atoms with Crippen LogP contribution >= 0.6 is 0 Å². The largest absolute Gasteiger partial charge is 0.493 e. The fourth-order valence-corrected chi connectivity index (χ4v) is 5.35. The molecule has 0 saturated heterocycles. The lowest BCUT2D eigenvalue weighted by molar-refractivity contribution is -0.113. The van der Waals surface area contributed by atoms with Crippen LogP contribution in [0.4, 0.5) is 5.69 Å². The summed E-state index contributed by atoms with van der Waals surface area (Å²) in [4.78, 5) is 13.5. The molecule has 0 spiro atoms. The highest BCUT2D eigenvalue weighted by atomic mass is 32.2. The van der Waals surface area contributed by atoms with Gasteiger partial charge in [0, 0.05) is 6.08 Å². The van der Waals surface area contributed by atoms with E-state index < -0.39 is 15.9 Å². The standard InChI is InChI=1S/C31H37NO5S/c1-4-6-11-23-37-29-21-17-26(24-30(29)36-3)18-22-31(33)32(38(34,35)28-13-9-8-10-14-28)27-19-15-25(16-20-27)12-7-5-2/h8-10,13-22,24H,4-7,11-12,23H2,1-3H3/b22-18+. The van der Waals surface area contributed by atoms with Gasteiger partial charge in [-0.2, -0.15) is 4.31 Å². The summed E-state index contributed by atoms with van der Waals surface area (Å²) in [5.41, 5.74) is 2.07. The number of benzene rings is 3. The van der Waals surface area contributed by atoms with Crippen LogP contribution in [0.3, 0.4) is 0 Å². The third-order valence-corrected chi connectivity index (χ3v) is 7.82. The van der Waals surface area contributed by atoms with Crippen LogP contribution in [0.25, 0.3) is 6.08 Å². The molecule has 0 atom stereocenters. The summed E-state index contributed by atoms with van der Waals surface area (Å²) in [6, 6.07) is 20.5. The molecule has 0 aliphatic rings. The third kappa shape index (κ3) is 7.71. The molecule has 3 aromatic rings. The summed E-state index contributed by atoms with van der Waals surface area (Å²) in [5.74, 6) is 0.505. The highest BCUT2D eigenvalue weighted by Gasteiger charge is 2.29. The highest BCUT2D eigenvalue weighted by Crippen LogP contribution is 2.29. The van der Waals surface area contributed by atoms with Gasteiger partial charge in [0.1, 0.15) is 0 Å². The Bertz CT molecular complexity index is 1300. The number of sulfonamides is 1. The van der Waals surface area contributed by atoms with E-state index in [9.17, 15) is 13.2 Å². The van der Waals surface area contributed by atoms with Crippen molar-refractivity contribution < 1.29 is 22.7 Å². The third-order valence-electron chi connectivity index (χ3n) is 6.08. The van der Waals surface area contributed by atoms with Gasteiger partial charge in [-0.1, -0.05) is 69.5 Å². The quantitative estimate of drug-likeness (QED) is 0.163.